The van der Waals surface area contributed by atoms with Gasteiger partial charge in [-0.25, -0.2) is 4.79 Å². The molecule has 20 heavy (non-hydrogen) atoms. The summed E-state index contributed by atoms with van der Waals surface area (Å²) in [5, 5.41) is 8.58. The SMILES string of the molecule is COCCNS(=O)(=O)Nc1c(Cl)cc(C(=O)O)cc1Cl. The molecular weight excluding hydrogens is 331 g/mol. The van der Waals surface area contributed by atoms with Crippen molar-refractivity contribution in [2.75, 3.05) is 25.0 Å². The van der Waals surface area contributed by atoms with E-state index in [0.717, 1.165) is 12.1 Å². The Morgan fingerprint density at radius 3 is 2.35 bits per heavy atom. The molecule has 1 rings (SSSR count). The zero-order chi connectivity index (χ0) is 15.3. The summed E-state index contributed by atoms with van der Waals surface area (Å²) < 4.78 is 32.4. The molecule has 112 valence electrons. The lowest BCUT2D eigenvalue weighted by Gasteiger charge is -2.12. The summed E-state index contributed by atoms with van der Waals surface area (Å²) >= 11 is 11.6. The molecule has 0 saturated heterocycles. The number of nitrogens with one attached hydrogen (secondary N) is 2. The fourth-order valence-electron chi connectivity index (χ4n) is 1.24. The summed E-state index contributed by atoms with van der Waals surface area (Å²) in [7, 11) is -2.45. The maximum absolute atomic E-state index is 11.7. The van der Waals surface area contributed by atoms with Crippen molar-refractivity contribution in [2.45, 2.75) is 0 Å². The molecule has 0 amide bonds. The van der Waals surface area contributed by atoms with E-state index in [1.807, 2.05) is 0 Å². The van der Waals surface area contributed by atoms with Gasteiger partial charge in [-0.15, -0.1) is 0 Å². The van der Waals surface area contributed by atoms with E-state index < -0.39 is 16.2 Å². The van der Waals surface area contributed by atoms with Crippen molar-refractivity contribution in [3.8, 4) is 0 Å². The van der Waals surface area contributed by atoms with Crippen LogP contribution in [0.1, 0.15) is 10.4 Å². The first kappa shape index (κ1) is 17.0. The normalized spacial score (nSPS) is 11.3. The van der Waals surface area contributed by atoms with E-state index >= 15 is 0 Å². The molecule has 3 N–H and O–H groups in total. The van der Waals surface area contributed by atoms with Crippen molar-refractivity contribution < 1.29 is 23.1 Å². The summed E-state index contributed by atoms with van der Waals surface area (Å²) in [6.07, 6.45) is 0. The molecule has 0 atom stereocenters. The van der Waals surface area contributed by atoms with Crippen molar-refractivity contribution in [3.63, 3.8) is 0 Å². The third kappa shape index (κ3) is 4.80. The summed E-state index contributed by atoms with van der Waals surface area (Å²) in [5.41, 5.74) is -0.237. The van der Waals surface area contributed by atoms with Gasteiger partial charge in [0.25, 0.3) is 10.2 Å². The zero-order valence-corrected chi connectivity index (χ0v) is 12.6. The van der Waals surface area contributed by atoms with Crippen molar-refractivity contribution in [1.82, 2.24) is 4.72 Å². The molecule has 0 aliphatic heterocycles. The smallest absolute Gasteiger partial charge is 0.335 e. The van der Waals surface area contributed by atoms with Crippen LogP contribution in [0.4, 0.5) is 5.69 Å². The van der Waals surface area contributed by atoms with Crippen LogP contribution in [0.15, 0.2) is 12.1 Å². The van der Waals surface area contributed by atoms with Crippen molar-refractivity contribution >= 4 is 45.1 Å². The Balaban J connectivity index is 2.95. The van der Waals surface area contributed by atoms with Crippen LogP contribution in [-0.4, -0.2) is 39.8 Å². The van der Waals surface area contributed by atoms with Gasteiger partial charge in [0.2, 0.25) is 0 Å². The monoisotopic (exact) mass is 342 g/mol. The molecule has 1 aromatic carbocycles. The van der Waals surface area contributed by atoms with E-state index in [-0.39, 0.29) is 34.4 Å². The molecule has 0 heterocycles. The number of benzene rings is 1. The van der Waals surface area contributed by atoms with Gasteiger partial charge in [-0.3, -0.25) is 4.72 Å². The first-order valence-electron chi connectivity index (χ1n) is 5.25. The van der Waals surface area contributed by atoms with Gasteiger partial charge in [0.1, 0.15) is 0 Å². The standard InChI is InChI=1S/C10H12Cl2N2O5S/c1-19-3-2-13-20(17,18)14-9-7(11)4-6(10(15)16)5-8(9)12/h4-5,13-14H,2-3H2,1H3,(H,15,16). The van der Waals surface area contributed by atoms with Gasteiger partial charge in [-0.1, -0.05) is 23.2 Å². The average Bonchev–Trinajstić information content (AvgIpc) is 2.33. The predicted molar refractivity (Wildman–Crippen MR) is 75.8 cm³/mol. The Hall–Kier alpha value is -1.06. The molecule has 0 aromatic heterocycles. The molecule has 10 heteroatoms. The summed E-state index contributed by atoms with van der Waals surface area (Å²) in [5.74, 6) is -1.22. The van der Waals surface area contributed by atoms with Gasteiger partial charge in [0, 0.05) is 13.7 Å². The number of ether oxygens (including phenoxy) is 1. The summed E-state index contributed by atoms with van der Waals surface area (Å²) in [6, 6.07) is 2.20. The number of methoxy groups -OCH3 is 1. The van der Waals surface area contributed by atoms with Gasteiger partial charge in [0.05, 0.1) is 27.9 Å². The lowest BCUT2D eigenvalue weighted by Crippen LogP contribution is -2.32. The molecular formula is C10H12Cl2N2O5S. The van der Waals surface area contributed by atoms with Crippen LogP contribution in [0.2, 0.25) is 10.0 Å². The number of aromatic carboxylic acids is 1. The molecule has 0 fully saturated rings. The Morgan fingerprint density at radius 2 is 1.90 bits per heavy atom. The van der Waals surface area contributed by atoms with Crippen LogP contribution in [0.5, 0.6) is 0 Å². The molecule has 1 aromatic rings. The molecule has 0 unspecified atom stereocenters. The van der Waals surface area contributed by atoms with Crippen LogP contribution in [0.3, 0.4) is 0 Å². The zero-order valence-electron chi connectivity index (χ0n) is 10.3. The average molecular weight is 343 g/mol. The Labute approximate surface area is 126 Å². The van der Waals surface area contributed by atoms with E-state index in [1.54, 1.807) is 0 Å². The van der Waals surface area contributed by atoms with Crippen molar-refractivity contribution in [3.05, 3.63) is 27.7 Å². The fraction of sp³-hybridized carbons (Fsp3) is 0.300. The van der Waals surface area contributed by atoms with Gasteiger partial charge in [-0.05, 0) is 12.1 Å². The predicted octanol–water partition coefficient (Wildman–Crippen LogP) is 1.58. The van der Waals surface area contributed by atoms with Crippen molar-refractivity contribution in [2.24, 2.45) is 0 Å². The largest absolute Gasteiger partial charge is 0.478 e. The molecule has 0 spiro atoms. The van der Waals surface area contributed by atoms with E-state index in [9.17, 15) is 13.2 Å². The maximum Gasteiger partial charge on any atom is 0.335 e. The Morgan fingerprint density at radius 1 is 1.35 bits per heavy atom. The first-order valence-corrected chi connectivity index (χ1v) is 7.49. The minimum atomic E-state index is -3.88. The second-order valence-electron chi connectivity index (χ2n) is 3.61. The highest BCUT2D eigenvalue weighted by molar-refractivity contribution is 7.90. The number of carboxylic acids is 1. The van der Waals surface area contributed by atoms with Crippen molar-refractivity contribution in [1.29, 1.82) is 0 Å². The van der Waals surface area contributed by atoms with Gasteiger partial charge in [-0.2, -0.15) is 13.1 Å². The van der Waals surface area contributed by atoms with Crippen LogP contribution < -0.4 is 9.44 Å². The first-order chi connectivity index (χ1) is 9.26. The van der Waals surface area contributed by atoms with Crippen LogP contribution >= 0.6 is 23.2 Å². The second kappa shape index (κ2) is 7.09. The number of hydrogen-bond acceptors (Lipinski definition) is 4. The fourth-order valence-corrected chi connectivity index (χ4v) is 2.85. The molecule has 0 aliphatic rings. The lowest BCUT2D eigenvalue weighted by molar-refractivity contribution is 0.0697. The van der Waals surface area contributed by atoms with Crippen LogP contribution in [0.25, 0.3) is 0 Å². The summed E-state index contributed by atoms with van der Waals surface area (Å²) in [6.45, 7) is 0.259. The third-order valence-corrected chi connectivity index (χ3v) is 3.78. The topological polar surface area (TPSA) is 105 Å². The number of carbonyl (C=O) groups is 1. The minimum Gasteiger partial charge on any atom is -0.478 e. The van der Waals surface area contributed by atoms with E-state index in [4.69, 9.17) is 33.0 Å². The van der Waals surface area contributed by atoms with Gasteiger partial charge < -0.3 is 9.84 Å². The highest BCUT2D eigenvalue weighted by atomic mass is 35.5. The van der Waals surface area contributed by atoms with E-state index in [1.165, 1.54) is 7.11 Å². The highest BCUT2D eigenvalue weighted by Crippen LogP contribution is 2.32. The van der Waals surface area contributed by atoms with Gasteiger partial charge in [0.15, 0.2) is 0 Å². The number of halogens is 2. The molecule has 0 bridgehead atoms. The minimum absolute atomic E-state index is 0.0638. The van der Waals surface area contributed by atoms with Crippen LogP contribution in [0, 0.1) is 0 Å². The van der Waals surface area contributed by atoms with E-state index in [0.29, 0.717) is 0 Å². The molecule has 0 radical (unpaired) electrons. The maximum atomic E-state index is 11.7. The number of carboxylic acid groups (broad SMARTS) is 1. The number of rotatable bonds is 7. The summed E-state index contributed by atoms with van der Waals surface area (Å²) in [4.78, 5) is 10.8. The van der Waals surface area contributed by atoms with E-state index in [2.05, 4.69) is 9.44 Å². The van der Waals surface area contributed by atoms with Crippen LogP contribution in [-0.2, 0) is 14.9 Å². The quantitative estimate of drug-likeness (QED) is 0.652. The Kier molecular flexibility index (Phi) is 6.03. The molecule has 0 saturated carbocycles. The highest BCUT2D eigenvalue weighted by Gasteiger charge is 2.17. The third-order valence-electron chi connectivity index (χ3n) is 2.12. The molecule has 0 aliphatic carbocycles. The molecule has 7 nitrogen and oxygen atoms in total. The Bertz CT molecular complexity index is 583. The number of hydrogen-bond donors (Lipinski definition) is 3. The van der Waals surface area contributed by atoms with Gasteiger partial charge >= 0.3 is 5.97 Å². The number of anilines is 1. The lowest BCUT2D eigenvalue weighted by atomic mass is 10.2. The second-order valence-corrected chi connectivity index (χ2v) is 5.93.